The van der Waals surface area contributed by atoms with Crippen molar-refractivity contribution in [3.8, 4) is 0 Å². The van der Waals surface area contributed by atoms with Crippen molar-refractivity contribution in [2.45, 2.75) is 18.8 Å². The number of hydrogen-bond acceptors (Lipinski definition) is 3. The molecule has 0 bridgehead atoms. The van der Waals surface area contributed by atoms with E-state index in [9.17, 15) is 13.2 Å². The first-order chi connectivity index (χ1) is 6.93. The monoisotopic (exact) mass is 223 g/mol. The summed E-state index contributed by atoms with van der Waals surface area (Å²) in [6.07, 6.45) is -2.65. The Kier molecular flexibility index (Phi) is 3.70. The molecule has 0 saturated carbocycles. The van der Waals surface area contributed by atoms with Gasteiger partial charge in [0.15, 0.2) is 0 Å². The third-order valence-electron chi connectivity index (χ3n) is 1.76. The fourth-order valence-electron chi connectivity index (χ4n) is 1.12. The Morgan fingerprint density at radius 1 is 1.60 bits per heavy atom. The molecule has 0 amide bonds. The van der Waals surface area contributed by atoms with Crippen LogP contribution in [-0.4, -0.2) is 29.5 Å². The van der Waals surface area contributed by atoms with E-state index in [4.69, 9.17) is 10.5 Å². The molecule has 0 aliphatic rings. The Bertz CT molecular complexity index is 310. The Morgan fingerprint density at radius 2 is 2.27 bits per heavy atom. The Hall–Kier alpha value is -1.08. The highest BCUT2D eigenvalue weighted by atomic mass is 19.4. The lowest BCUT2D eigenvalue weighted by Crippen LogP contribution is -2.31. The minimum absolute atomic E-state index is 0.198. The van der Waals surface area contributed by atoms with Crippen molar-refractivity contribution in [2.75, 3.05) is 13.7 Å². The molecule has 1 heterocycles. The van der Waals surface area contributed by atoms with Crippen molar-refractivity contribution in [3.05, 3.63) is 18.0 Å². The summed E-state index contributed by atoms with van der Waals surface area (Å²) in [5.74, 6) is 0. The highest BCUT2D eigenvalue weighted by Gasteiger charge is 2.32. The molecular weight excluding hydrogens is 211 g/mol. The molecular formula is C8H12F3N3O. The summed E-state index contributed by atoms with van der Waals surface area (Å²) >= 11 is 0. The summed E-state index contributed by atoms with van der Waals surface area (Å²) in [5, 5.41) is 3.57. The van der Waals surface area contributed by atoms with Crippen LogP contribution in [0.1, 0.15) is 5.56 Å². The second kappa shape index (κ2) is 4.63. The van der Waals surface area contributed by atoms with Crippen LogP contribution in [0.15, 0.2) is 12.4 Å². The quantitative estimate of drug-likeness (QED) is 0.824. The first kappa shape index (κ1) is 12.0. The summed E-state index contributed by atoms with van der Waals surface area (Å²) in [6, 6.07) is -0.365. The highest BCUT2D eigenvalue weighted by Crippen LogP contribution is 2.28. The third-order valence-corrected chi connectivity index (χ3v) is 1.76. The zero-order valence-corrected chi connectivity index (χ0v) is 8.16. The smallest absolute Gasteiger partial charge is 0.383 e. The molecule has 15 heavy (non-hydrogen) atoms. The lowest BCUT2D eigenvalue weighted by molar-refractivity contribution is -0.137. The molecule has 1 rings (SSSR count). The maximum Gasteiger partial charge on any atom is 0.419 e. The van der Waals surface area contributed by atoms with Crippen molar-refractivity contribution in [3.63, 3.8) is 0 Å². The number of ether oxygens (including phenoxy) is 1. The van der Waals surface area contributed by atoms with Crippen LogP contribution in [0.5, 0.6) is 0 Å². The van der Waals surface area contributed by atoms with E-state index in [0.717, 1.165) is 17.1 Å². The maximum absolute atomic E-state index is 12.2. The molecule has 0 aromatic carbocycles. The molecule has 1 aromatic heterocycles. The number of nitrogens with two attached hydrogens (primary N) is 1. The topological polar surface area (TPSA) is 53.1 Å². The SMILES string of the molecule is COCC(N)Cn1cc(C(F)(F)F)cn1. The van der Waals surface area contributed by atoms with Crippen molar-refractivity contribution < 1.29 is 17.9 Å². The van der Waals surface area contributed by atoms with Gasteiger partial charge >= 0.3 is 6.18 Å². The van der Waals surface area contributed by atoms with Gasteiger partial charge < -0.3 is 10.5 Å². The zero-order chi connectivity index (χ0) is 11.5. The third kappa shape index (κ3) is 3.52. The number of methoxy groups -OCH3 is 1. The normalized spacial score (nSPS) is 14.2. The molecule has 0 aliphatic heterocycles. The van der Waals surface area contributed by atoms with Crippen LogP contribution in [0, 0.1) is 0 Å². The van der Waals surface area contributed by atoms with Gasteiger partial charge in [0.1, 0.15) is 0 Å². The molecule has 2 N–H and O–H groups in total. The first-order valence-electron chi connectivity index (χ1n) is 4.27. The molecule has 0 radical (unpaired) electrons. The number of hydrogen-bond donors (Lipinski definition) is 1. The highest BCUT2D eigenvalue weighted by molar-refractivity contribution is 5.08. The molecule has 0 saturated heterocycles. The van der Waals surface area contributed by atoms with Crippen LogP contribution in [0.2, 0.25) is 0 Å². The van der Waals surface area contributed by atoms with Crippen molar-refractivity contribution >= 4 is 0 Å². The van der Waals surface area contributed by atoms with Gasteiger partial charge in [-0.2, -0.15) is 18.3 Å². The van der Waals surface area contributed by atoms with Gasteiger partial charge in [-0.1, -0.05) is 0 Å². The van der Waals surface area contributed by atoms with Crippen LogP contribution in [-0.2, 0) is 17.5 Å². The van der Waals surface area contributed by atoms with E-state index in [1.165, 1.54) is 7.11 Å². The van der Waals surface area contributed by atoms with Gasteiger partial charge in [-0.05, 0) is 0 Å². The van der Waals surface area contributed by atoms with E-state index in [-0.39, 0.29) is 19.2 Å². The van der Waals surface area contributed by atoms with Crippen molar-refractivity contribution in [1.29, 1.82) is 0 Å². The Labute approximate surface area is 84.8 Å². The number of halogens is 3. The molecule has 1 atom stereocenters. The van der Waals surface area contributed by atoms with Gasteiger partial charge in [-0.25, -0.2) is 0 Å². The summed E-state index contributed by atoms with van der Waals surface area (Å²) in [7, 11) is 1.48. The Morgan fingerprint density at radius 3 is 2.73 bits per heavy atom. The van der Waals surface area contributed by atoms with Gasteiger partial charge in [0.2, 0.25) is 0 Å². The average molecular weight is 223 g/mol. The van der Waals surface area contributed by atoms with Crippen molar-refractivity contribution in [1.82, 2.24) is 9.78 Å². The van der Waals surface area contributed by atoms with E-state index >= 15 is 0 Å². The molecule has 1 unspecified atom stereocenters. The predicted octanol–water partition coefficient (Wildman–Crippen LogP) is 0.876. The Balaban J connectivity index is 2.61. The summed E-state index contributed by atoms with van der Waals surface area (Å²) in [5.41, 5.74) is 4.80. The fourth-order valence-corrected chi connectivity index (χ4v) is 1.12. The lowest BCUT2D eigenvalue weighted by Gasteiger charge is -2.09. The van der Waals surface area contributed by atoms with Gasteiger partial charge in [0.05, 0.1) is 24.9 Å². The maximum atomic E-state index is 12.2. The minimum Gasteiger partial charge on any atom is -0.383 e. The summed E-state index contributed by atoms with van der Waals surface area (Å²) in [6.45, 7) is 0.477. The molecule has 4 nitrogen and oxygen atoms in total. The first-order valence-corrected chi connectivity index (χ1v) is 4.27. The van der Waals surface area contributed by atoms with Crippen molar-refractivity contribution in [2.24, 2.45) is 5.73 Å². The molecule has 0 fully saturated rings. The standard InChI is InChI=1S/C8H12F3N3O/c1-15-5-7(12)4-14-3-6(2-13-14)8(9,10)11/h2-3,7H,4-5,12H2,1H3. The molecule has 1 aromatic rings. The van der Waals surface area contributed by atoms with Crippen LogP contribution in [0.4, 0.5) is 13.2 Å². The van der Waals surface area contributed by atoms with Crippen LogP contribution >= 0.6 is 0 Å². The van der Waals surface area contributed by atoms with Crippen LogP contribution < -0.4 is 5.73 Å². The van der Waals surface area contributed by atoms with Gasteiger partial charge in [0, 0.05) is 19.3 Å². The van der Waals surface area contributed by atoms with E-state index in [1.807, 2.05) is 0 Å². The summed E-state index contributed by atoms with van der Waals surface area (Å²) in [4.78, 5) is 0. The number of nitrogens with zero attached hydrogens (tertiary/aromatic N) is 2. The summed E-state index contributed by atoms with van der Waals surface area (Å²) < 4.78 is 42.5. The zero-order valence-electron chi connectivity index (χ0n) is 8.16. The van der Waals surface area contributed by atoms with Gasteiger partial charge in [-0.3, -0.25) is 4.68 Å². The lowest BCUT2D eigenvalue weighted by atomic mass is 10.3. The van der Waals surface area contributed by atoms with E-state index < -0.39 is 11.7 Å². The minimum atomic E-state index is -4.36. The van der Waals surface area contributed by atoms with Gasteiger partial charge in [-0.15, -0.1) is 0 Å². The number of aromatic nitrogens is 2. The molecule has 86 valence electrons. The molecule has 0 aliphatic carbocycles. The molecule has 7 heteroatoms. The average Bonchev–Trinajstić information content (AvgIpc) is 2.52. The predicted molar refractivity (Wildman–Crippen MR) is 47.1 cm³/mol. The largest absolute Gasteiger partial charge is 0.419 e. The van der Waals surface area contributed by atoms with Crippen LogP contribution in [0.3, 0.4) is 0 Å². The van der Waals surface area contributed by atoms with E-state index in [1.54, 1.807) is 0 Å². The fraction of sp³-hybridized carbons (Fsp3) is 0.625. The number of alkyl halides is 3. The van der Waals surface area contributed by atoms with E-state index in [2.05, 4.69) is 5.10 Å². The second-order valence-corrected chi connectivity index (χ2v) is 3.16. The number of rotatable bonds is 4. The van der Waals surface area contributed by atoms with E-state index in [0.29, 0.717) is 0 Å². The second-order valence-electron chi connectivity index (χ2n) is 3.16. The molecule has 0 spiro atoms. The van der Waals surface area contributed by atoms with Crippen LogP contribution in [0.25, 0.3) is 0 Å². The van der Waals surface area contributed by atoms with Gasteiger partial charge in [0.25, 0.3) is 0 Å².